The van der Waals surface area contributed by atoms with Crippen molar-refractivity contribution in [3.05, 3.63) is 0 Å². The molecule has 0 aromatic rings. The summed E-state index contributed by atoms with van der Waals surface area (Å²) in [5, 5.41) is 12.3. The normalized spacial score (nSPS) is 30.1. The largest absolute Gasteiger partial charge is 0.480 e. The highest BCUT2D eigenvalue weighted by atomic mass is 16.4. The van der Waals surface area contributed by atoms with E-state index < -0.39 is 12.0 Å². The number of fused-ring (bicyclic) bond motifs is 2. The first-order chi connectivity index (χ1) is 9.60. The van der Waals surface area contributed by atoms with Gasteiger partial charge in [-0.25, -0.2) is 0 Å². The summed E-state index contributed by atoms with van der Waals surface area (Å²) in [6.45, 7) is 4.88. The van der Waals surface area contributed by atoms with E-state index in [-0.39, 0.29) is 0 Å². The van der Waals surface area contributed by atoms with Crippen molar-refractivity contribution in [2.45, 2.75) is 51.5 Å². The number of nitrogens with zero attached hydrogens (tertiary/aromatic N) is 1. The van der Waals surface area contributed by atoms with E-state index >= 15 is 0 Å². The van der Waals surface area contributed by atoms with Crippen molar-refractivity contribution in [1.29, 1.82) is 0 Å². The van der Waals surface area contributed by atoms with Crippen molar-refractivity contribution in [1.82, 2.24) is 10.2 Å². The first-order valence-corrected chi connectivity index (χ1v) is 8.24. The lowest BCUT2D eigenvalue weighted by molar-refractivity contribution is -0.139. The molecule has 4 atom stereocenters. The summed E-state index contributed by atoms with van der Waals surface area (Å²) >= 11 is 0. The lowest BCUT2D eigenvalue weighted by atomic mass is 9.88. The highest BCUT2D eigenvalue weighted by Gasteiger charge is 2.39. The standard InChI is InChI=1S/C16H30N2O2/c1-3-7-17-15(16(19)20)6-8-18(2)11-14-10-12-4-5-13(14)9-12/h12-15,17H,3-11H2,1-2H3,(H,19,20). The Balaban J connectivity index is 1.68. The molecule has 2 bridgehead atoms. The third-order valence-electron chi connectivity index (χ3n) is 5.17. The number of hydrogen-bond donors (Lipinski definition) is 2. The van der Waals surface area contributed by atoms with E-state index in [2.05, 4.69) is 24.2 Å². The van der Waals surface area contributed by atoms with Gasteiger partial charge in [-0.15, -0.1) is 0 Å². The number of carboxylic acids is 1. The van der Waals surface area contributed by atoms with Gasteiger partial charge in [-0.2, -0.15) is 0 Å². The van der Waals surface area contributed by atoms with Gasteiger partial charge >= 0.3 is 5.97 Å². The molecule has 0 amide bonds. The zero-order valence-electron chi connectivity index (χ0n) is 13.0. The summed E-state index contributed by atoms with van der Waals surface area (Å²) in [5.41, 5.74) is 0. The van der Waals surface area contributed by atoms with Gasteiger partial charge in [-0.3, -0.25) is 4.79 Å². The fourth-order valence-electron chi connectivity index (χ4n) is 4.07. The maximum absolute atomic E-state index is 11.2. The maximum atomic E-state index is 11.2. The second-order valence-electron chi connectivity index (χ2n) is 6.83. The lowest BCUT2D eigenvalue weighted by Crippen LogP contribution is -2.40. The molecule has 0 spiro atoms. The second kappa shape index (κ2) is 7.41. The quantitative estimate of drug-likeness (QED) is 0.681. The van der Waals surface area contributed by atoms with Crippen LogP contribution in [0.4, 0.5) is 0 Å². The van der Waals surface area contributed by atoms with Crippen LogP contribution in [-0.4, -0.2) is 48.7 Å². The van der Waals surface area contributed by atoms with Crippen LogP contribution in [0.2, 0.25) is 0 Å². The molecule has 2 N–H and O–H groups in total. The fraction of sp³-hybridized carbons (Fsp3) is 0.938. The van der Waals surface area contributed by atoms with Gasteiger partial charge in [0.15, 0.2) is 0 Å². The van der Waals surface area contributed by atoms with Crippen LogP contribution < -0.4 is 5.32 Å². The Bertz CT molecular complexity index is 322. The van der Waals surface area contributed by atoms with Crippen LogP contribution in [0.3, 0.4) is 0 Å². The van der Waals surface area contributed by atoms with Crippen molar-refractivity contribution in [3.63, 3.8) is 0 Å². The van der Waals surface area contributed by atoms with Gasteiger partial charge in [0.1, 0.15) is 6.04 Å². The maximum Gasteiger partial charge on any atom is 0.320 e. The molecule has 0 aliphatic heterocycles. The second-order valence-corrected chi connectivity index (χ2v) is 6.83. The monoisotopic (exact) mass is 282 g/mol. The van der Waals surface area contributed by atoms with Gasteiger partial charge in [-0.05, 0) is 70.0 Å². The van der Waals surface area contributed by atoms with E-state index in [0.29, 0.717) is 6.42 Å². The van der Waals surface area contributed by atoms with Crippen molar-refractivity contribution in [2.75, 3.05) is 26.7 Å². The molecule has 0 radical (unpaired) electrons. The lowest BCUT2D eigenvalue weighted by Gasteiger charge is -2.28. The van der Waals surface area contributed by atoms with Crippen LogP contribution in [-0.2, 0) is 4.79 Å². The third kappa shape index (κ3) is 4.19. The van der Waals surface area contributed by atoms with Crippen LogP contribution in [0.5, 0.6) is 0 Å². The Kier molecular flexibility index (Phi) is 5.85. The van der Waals surface area contributed by atoms with Gasteiger partial charge in [0.2, 0.25) is 0 Å². The average molecular weight is 282 g/mol. The zero-order chi connectivity index (χ0) is 14.5. The Hall–Kier alpha value is -0.610. The molecule has 2 fully saturated rings. The minimum Gasteiger partial charge on any atom is -0.480 e. The molecule has 4 heteroatoms. The number of carboxylic acid groups (broad SMARTS) is 1. The number of hydrogen-bond acceptors (Lipinski definition) is 3. The van der Waals surface area contributed by atoms with E-state index in [1.165, 1.54) is 25.7 Å². The summed E-state index contributed by atoms with van der Waals surface area (Å²) < 4.78 is 0. The SMILES string of the molecule is CCCNC(CCN(C)CC1CC2CCC1C2)C(=O)O. The summed E-state index contributed by atoms with van der Waals surface area (Å²) in [5.74, 6) is 2.10. The number of carbonyl (C=O) groups is 1. The summed E-state index contributed by atoms with van der Waals surface area (Å²) in [6, 6.07) is -0.391. The number of nitrogens with one attached hydrogen (secondary N) is 1. The Labute approximate surface area is 122 Å². The van der Waals surface area contributed by atoms with Gasteiger partial charge in [0.25, 0.3) is 0 Å². The molecular weight excluding hydrogens is 252 g/mol. The van der Waals surface area contributed by atoms with Crippen LogP contribution in [0.25, 0.3) is 0 Å². The first-order valence-electron chi connectivity index (χ1n) is 8.24. The fourth-order valence-corrected chi connectivity index (χ4v) is 4.07. The van der Waals surface area contributed by atoms with E-state index in [0.717, 1.165) is 43.8 Å². The molecule has 2 saturated carbocycles. The van der Waals surface area contributed by atoms with Crippen LogP contribution in [0, 0.1) is 17.8 Å². The summed E-state index contributed by atoms with van der Waals surface area (Å²) in [4.78, 5) is 13.5. The van der Waals surface area contributed by atoms with E-state index in [9.17, 15) is 9.90 Å². The van der Waals surface area contributed by atoms with Gasteiger partial charge in [0.05, 0.1) is 0 Å². The van der Waals surface area contributed by atoms with Gasteiger partial charge < -0.3 is 15.3 Å². The van der Waals surface area contributed by atoms with E-state index in [4.69, 9.17) is 0 Å². The molecule has 0 aromatic heterocycles. The topological polar surface area (TPSA) is 52.6 Å². The summed E-state index contributed by atoms with van der Waals surface area (Å²) in [7, 11) is 2.14. The first kappa shape index (κ1) is 15.8. The Morgan fingerprint density at radius 3 is 2.75 bits per heavy atom. The van der Waals surface area contributed by atoms with Crippen LogP contribution >= 0.6 is 0 Å². The van der Waals surface area contributed by atoms with Gasteiger partial charge in [0, 0.05) is 6.54 Å². The van der Waals surface area contributed by atoms with Gasteiger partial charge in [-0.1, -0.05) is 13.3 Å². The van der Waals surface area contributed by atoms with Crippen molar-refractivity contribution >= 4 is 5.97 Å². The highest BCUT2D eigenvalue weighted by molar-refractivity contribution is 5.73. The van der Waals surface area contributed by atoms with E-state index in [1.54, 1.807) is 0 Å². The molecule has 0 saturated heterocycles. The molecule has 116 valence electrons. The molecule has 0 aromatic carbocycles. The molecule has 20 heavy (non-hydrogen) atoms. The summed E-state index contributed by atoms with van der Waals surface area (Å²) in [6.07, 6.45) is 7.42. The molecule has 4 nitrogen and oxygen atoms in total. The van der Waals surface area contributed by atoms with Crippen molar-refractivity contribution < 1.29 is 9.90 Å². The molecule has 2 aliphatic rings. The highest BCUT2D eigenvalue weighted by Crippen LogP contribution is 2.48. The molecule has 2 aliphatic carbocycles. The number of aliphatic carboxylic acids is 1. The minimum absolute atomic E-state index is 0.391. The smallest absolute Gasteiger partial charge is 0.320 e. The van der Waals surface area contributed by atoms with Crippen LogP contribution in [0.15, 0.2) is 0 Å². The van der Waals surface area contributed by atoms with Crippen molar-refractivity contribution in [2.24, 2.45) is 17.8 Å². The Morgan fingerprint density at radius 1 is 1.40 bits per heavy atom. The predicted octanol–water partition coefficient (Wildman–Crippen LogP) is 2.20. The van der Waals surface area contributed by atoms with Crippen LogP contribution in [0.1, 0.15) is 45.4 Å². The Morgan fingerprint density at radius 2 is 2.20 bits per heavy atom. The third-order valence-corrected chi connectivity index (χ3v) is 5.17. The minimum atomic E-state index is -0.716. The van der Waals surface area contributed by atoms with Crippen molar-refractivity contribution in [3.8, 4) is 0 Å². The zero-order valence-corrected chi connectivity index (χ0v) is 13.0. The molecule has 4 unspecified atom stereocenters. The van der Waals surface area contributed by atoms with E-state index in [1.807, 2.05) is 0 Å². The molecular formula is C16H30N2O2. The molecule has 2 rings (SSSR count). The average Bonchev–Trinajstić information content (AvgIpc) is 3.00. The molecule has 0 heterocycles. The predicted molar refractivity (Wildman–Crippen MR) is 80.8 cm³/mol. The number of rotatable bonds is 9.